The van der Waals surface area contributed by atoms with Gasteiger partial charge in [-0.05, 0) is 18.2 Å². The summed E-state index contributed by atoms with van der Waals surface area (Å²) in [5.41, 5.74) is 0.570. The predicted molar refractivity (Wildman–Crippen MR) is 73.6 cm³/mol. The van der Waals surface area contributed by atoms with Crippen molar-refractivity contribution in [2.75, 3.05) is 14.2 Å². The van der Waals surface area contributed by atoms with Gasteiger partial charge in [-0.3, -0.25) is 4.79 Å². The van der Waals surface area contributed by atoms with E-state index in [2.05, 4.69) is 0 Å². The zero-order valence-electron chi connectivity index (χ0n) is 11.6. The highest BCUT2D eigenvalue weighted by molar-refractivity contribution is 6.06. The SMILES string of the molecule is COc1ccc2c(c1OC)OC(c1ccccc1F)C2=O. The summed E-state index contributed by atoms with van der Waals surface area (Å²) in [6, 6.07) is 9.29. The Hall–Kier alpha value is -2.56. The van der Waals surface area contributed by atoms with Gasteiger partial charge in [0, 0.05) is 5.56 Å². The molecule has 1 aliphatic rings. The molecule has 3 rings (SSSR count). The molecule has 0 radical (unpaired) electrons. The number of Topliss-reactive ketones (excluding diaryl/α,β-unsaturated/α-hetero) is 1. The fraction of sp³-hybridized carbons (Fsp3) is 0.188. The van der Waals surface area contributed by atoms with Gasteiger partial charge in [-0.2, -0.15) is 0 Å². The maximum atomic E-state index is 13.9. The van der Waals surface area contributed by atoms with E-state index in [-0.39, 0.29) is 17.1 Å². The first-order chi connectivity index (χ1) is 10.2. The van der Waals surface area contributed by atoms with Crippen LogP contribution in [0.4, 0.5) is 4.39 Å². The Morgan fingerprint density at radius 2 is 1.86 bits per heavy atom. The van der Waals surface area contributed by atoms with E-state index < -0.39 is 11.9 Å². The van der Waals surface area contributed by atoms with Gasteiger partial charge in [0.15, 0.2) is 17.6 Å². The Balaban J connectivity index is 2.09. The molecule has 108 valence electrons. The van der Waals surface area contributed by atoms with Crippen molar-refractivity contribution in [3.8, 4) is 17.2 Å². The topological polar surface area (TPSA) is 44.8 Å². The number of rotatable bonds is 3. The van der Waals surface area contributed by atoms with Gasteiger partial charge < -0.3 is 14.2 Å². The molecule has 0 fully saturated rings. The van der Waals surface area contributed by atoms with Gasteiger partial charge in [0.1, 0.15) is 5.82 Å². The van der Waals surface area contributed by atoms with E-state index in [4.69, 9.17) is 14.2 Å². The van der Waals surface area contributed by atoms with E-state index in [0.717, 1.165) is 0 Å². The average molecular weight is 288 g/mol. The van der Waals surface area contributed by atoms with Crippen molar-refractivity contribution in [1.82, 2.24) is 0 Å². The molecule has 0 aromatic heterocycles. The van der Waals surface area contributed by atoms with Crippen LogP contribution in [0.15, 0.2) is 36.4 Å². The van der Waals surface area contributed by atoms with Crippen LogP contribution in [0.5, 0.6) is 17.2 Å². The summed E-state index contributed by atoms with van der Waals surface area (Å²) in [6.07, 6.45) is -0.998. The van der Waals surface area contributed by atoms with Crippen molar-refractivity contribution in [3.63, 3.8) is 0 Å². The van der Waals surface area contributed by atoms with Gasteiger partial charge in [-0.25, -0.2) is 4.39 Å². The maximum Gasteiger partial charge on any atom is 0.211 e. The molecule has 5 heteroatoms. The number of hydrogen-bond donors (Lipinski definition) is 0. The summed E-state index contributed by atoms with van der Waals surface area (Å²) < 4.78 is 30.0. The molecule has 0 saturated heterocycles. The van der Waals surface area contributed by atoms with Crippen molar-refractivity contribution in [3.05, 3.63) is 53.3 Å². The van der Waals surface area contributed by atoms with Gasteiger partial charge in [0.25, 0.3) is 0 Å². The Labute approximate surface area is 121 Å². The van der Waals surface area contributed by atoms with Gasteiger partial charge in [-0.1, -0.05) is 18.2 Å². The summed E-state index contributed by atoms with van der Waals surface area (Å²) in [5, 5.41) is 0. The largest absolute Gasteiger partial charge is 0.493 e. The summed E-state index contributed by atoms with van der Waals surface area (Å²) in [5.74, 6) is 0.307. The summed E-state index contributed by atoms with van der Waals surface area (Å²) in [7, 11) is 2.96. The standard InChI is InChI=1S/C16H13FO4/c1-19-12-8-7-10-13(18)14(21-15(10)16(12)20-2)9-5-3-4-6-11(9)17/h3-8,14H,1-2H3. The highest BCUT2D eigenvalue weighted by Gasteiger charge is 2.38. The van der Waals surface area contributed by atoms with E-state index in [1.807, 2.05) is 0 Å². The van der Waals surface area contributed by atoms with E-state index >= 15 is 0 Å². The lowest BCUT2D eigenvalue weighted by Gasteiger charge is -2.13. The Bertz CT molecular complexity index is 711. The first-order valence-electron chi connectivity index (χ1n) is 6.37. The van der Waals surface area contributed by atoms with Crippen molar-refractivity contribution in [2.24, 2.45) is 0 Å². The highest BCUT2D eigenvalue weighted by Crippen LogP contribution is 2.47. The number of carbonyl (C=O) groups is 1. The van der Waals surface area contributed by atoms with Crippen LogP contribution in [-0.4, -0.2) is 20.0 Å². The molecule has 0 amide bonds. The number of methoxy groups -OCH3 is 2. The van der Waals surface area contributed by atoms with Crippen LogP contribution in [0.2, 0.25) is 0 Å². The average Bonchev–Trinajstić information content (AvgIpc) is 2.84. The molecule has 0 spiro atoms. The maximum absolute atomic E-state index is 13.9. The van der Waals surface area contributed by atoms with Gasteiger partial charge >= 0.3 is 0 Å². The van der Waals surface area contributed by atoms with Gasteiger partial charge in [0.05, 0.1) is 19.8 Å². The minimum atomic E-state index is -0.998. The van der Waals surface area contributed by atoms with Gasteiger partial charge in [-0.15, -0.1) is 0 Å². The molecule has 2 aromatic rings. The lowest BCUT2D eigenvalue weighted by atomic mass is 10.0. The van der Waals surface area contributed by atoms with Crippen LogP contribution < -0.4 is 14.2 Å². The zero-order chi connectivity index (χ0) is 15.0. The number of hydrogen-bond acceptors (Lipinski definition) is 4. The molecule has 1 heterocycles. The fourth-order valence-corrected chi connectivity index (χ4v) is 2.41. The van der Waals surface area contributed by atoms with Crippen molar-refractivity contribution < 1.29 is 23.4 Å². The van der Waals surface area contributed by atoms with E-state index in [1.165, 1.54) is 26.4 Å². The molecule has 0 N–H and O–H groups in total. The number of halogens is 1. The fourth-order valence-electron chi connectivity index (χ4n) is 2.41. The van der Waals surface area contributed by atoms with Crippen LogP contribution in [0.1, 0.15) is 22.0 Å². The quantitative estimate of drug-likeness (QED) is 0.870. The molecule has 21 heavy (non-hydrogen) atoms. The number of benzene rings is 2. The molecule has 4 nitrogen and oxygen atoms in total. The number of ketones is 1. The second kappa shape index (κ2) is 5.09. The first-order valence-corrected chi connectivity index (χ1v) is 6.37. The zero-order valence-corrected chi connectivity index (χ0v) is 11.6. The van der Waals surface area contributed by atoms with E-state index in [0.29, 0.717) is 17.1 Å². The second-order valence-corrected chi connectivity index (χ2v) is 4.56. The molecule has 1 aliphatic heterocycles. The first kappa shape index (κ1) is 13.4. The Morgan fingerprint density at radius 1 is 1.10 bits per heavy atom. The molecule has 0 saturated carbocycles. The molecule has 0 bridgehead atoms. The molecular formula is C16H13FO4. The van der Waals surface area contributed by atoms with Crippen molar-refractivity contribution in [1.29, 1.82) is 0 Å². The van der Waals surface area contributed by atoms with E-state index in [1.54, 1.807) is 24.3 Å². The summed E-state index contributed by atoms with van der Waals surface area (Å²) in [6.45, 7) is 0. The molecule has 1 unspecified atom stereocenters. The lowest BCUT2D eigenvalue weighted by molar-refractivity contribution is 0.0851. The smallest absolute Gasteiger partial charge is 0.211 e. The molecular weight excluding hydrogens is 275 g/mol. The monoisotopic (exact) mass is 288 g/mol. The molecule has 2 aromatic carbocycles. The molecule has 1 atom stereocenters. The number of carbonyl (C=O) groups excluding carboxylic acids is 1. The minimum absolute atomic E-state index is 0.208. The lowest BCUT2D eigenvalue weighted by Crippen LogP contribution is -2.12. The van der Waals surface area contributed by atoms with Crippen LogP contribution in [-0.2, 0) is 0 Å². The summed E-state index contributed by atoms with van der Waals surface area (Å²) >= 11 is 0. The third-order valence-corrected chi connectivity index (χ3v) is 3.43. The van der Waals surface area contributed by atoms with E-state index in [9.17, 15) is 9.18 Å². The van der Waals surface area contributed by atoms with Crippen LogP contribution >= 0.6 is 0 Å². The molecule has 0 aliphatic carbocycles. The summed E-state index contributed by atoms with van der Waals surface area (Å²) in [4.78, 5) is 12.4. The second-order valence-electron chi connectivity index (χ2n) is 4.56. The normalized spacial score (nSPS) is 16.3. The van der Waals surface area contributed by atoms with Crippen LogP contribution in [0.25, 0.3) is 0 Å². The minimum Gasteiger partial charge on any atom is -0.493 e. The third-order valence-electron chi connectivity index (χ3n) is 3.43. The van der Waals surface area contributed by atoms with Crippen LogP contribution in [0, 0.1) is 5.82 Å². The predicted octanol–water partition coefficient (Wildman–Crippen LogP) is 3.16. The highest BCUT2D eigenvalue weighted by atomic mass is 19.1. The Kier molecular flexibility index (Phi) is 3.25. The van der Waals surface area contributed by atoms with Crippen molar-refractivity contribution in [2.45, 2.75) is 6.10 Å². The number of ether oxygens (including phenoxy) is 3. The number of fused-ring (bicyclic) bond motifs is 1. The van der Waals surface area contributed by atoms with Crippen molar-refractivity contribution >= 4 is 5.78 Å². The van der Waals surface area contributed by atoms with Gasteiger partial charge in [0.2, 0.25) is 11.5 Å². The third kappa shape index (κ3) is 2.01. The van der Waals surface area contributed by atoms with Crippen LogP contribution in [0.3, 0.4) is 0 Å². The Morgan fingerprint density at radius 3 is 2.52 bits per heavy atom.